The van der Waals surface area contributed by atoms with E-state index >= 15 is 0 Å². The Labute approximate surface area is 111 Å². The summed E-state index contributed by atoms with van der Waals surface area (Å²) in [7, 11) is 0. The second-order valence-corrected chi connectivity index (χ2v) is 3.71. The van der Waals surface area contributed by atoms with E-state index in [-0.39, 0.29) is 0 Å². The number of nitriles is 1. The minimum atomic E-state index is 0.348. The molecule has 96 valence electrons. The number of nitrogens with two attached hydrogens (primary N) is 1. The third-order valence-corrected chi connectivity index (χ3v) is 2.38. The molecule has 2 N–H and O–H groups in total. The molecule has 0 saturated heterocycles. The highest BCUT2D eigenvalue weighted by Gasteiger charge is 2.09. The van der Waals surface area contributed by atoms with Crippen LogP contribution in [0.4, 0.5) is 5.69 Å². The van der Waals surface area contributed by atoms with E-state index in [1.54, 1.807) is 36.5 Å². The van der Waals surface area contributed by atoms with Crippen molar-refractivity contribution in [1.29, 1.82) is 5.26 Å². The van der Waals surface area contributed by atoms with Gasteiger partial charge in [-0.15, -0.1) is 0 Å². The Balaban J connectivity index is 2.29. The molecule has 0 unspecified atom stereocenters. The lowest BCUT2D eigenvalue weighted by Gasteiger charge is -2.11. The molecule has 0 bridgehead atoms. The van der Waals surface area contributed by atoms with Crippen molar-refractivity contribution in [2.24, 2.45) is 0 Å². The van der Waals surface area contributed by atoms with Crippen LogP contribution in [-0.2, 0) is 0 Å². The van der Waals surface area contributed by atoms with Gasteiger partial charge in [0.05, 0.1) is 23.9 Å². The van der Waals surface area contributed by atoms with E-state index in [1.807, 2.05) is 13.0 Å². The van der Waals surface area contributed by atoms with Crippen LogP contribution in [0.25, 0.3) is 0 Å². The van der Waals surface area contributed by atoms with Crippen molar-refractivity contribution in [2.75, 3.05) is 12.3 Å². The van der Waals surface area contributed by atoms with Crippen molar-refractivity contribution >= 4 is 5.69 Å². The average Bonchev–Trinajstić information content (AvgIpc) is 2.43. The molecule has 2 aromatic rings. The quantitative estimate of drug-likeness (QED) is 0.849. The van der Waals surface area contributed by atoms with Crippen molar-refractivity contribution < 1.29 is 9.47 Å². The molecule has 0 saturated carbocycles. The fraction of sp³-hybridized carbons (Fsp3) is 0.143. The second kappa shape index (κ2) is 5.74. The highest BCUT2D eigenvalue weighted by Crippen LogP contribution is 2.32. The predicted molar refractivity (Wildman–Crippen MR) is 71.0 cm³/mol. The molecule has 1 aromatic carbocycles. The maximum Gasteiger partial charge on any atom is 0.262 e. The highest BCUT2D eigenvalue weighted by atomic mass is 16.5. The van der Waals surface area contributed by atoms with E-state index in [9.17, 15) is 0 Å². The molecule has 0 spiro atoms. The molecule has 0 aliphatic rings. The van der Waals surface area contributed by atoms with Crippen LogP contribution in [0.5, 0.6) is 17.4 Å². The molecular formula is C14H13N3O2. The Kier molecular flexibility index (Phi) is 3.84. The lowest BCUT2D eigenvalue weighted by molar-refractivity contribution is 0.316. The van der Waals surface area contributed by atoms with Crippen LogP contribution in [-0.4, -0.2) is 11.6 Å². The fourth-order valence-electron chi connectivity index (χ4n) is 1.53. The lowest BCUT2D eigenvalue weighted by Crippen LogP contribution is -1.98. The zero-order valence-corrected chi connectivity index (χ0v) is 10.5. The third kappa shape index (κ3) is 2.93. The first-order valence-corrected chi connectivity index (χ1v) is 5.80. The van der Waals surface area contributed by atoms with Crippen LogP contribution < -0.4 is 15.2 Å². The number of benzene rings is 1. The summed E-state index contributed by atoms with van der Waals surface area (Å²) >= 11 is 0. The minimum absolute atomic E-state index is 0.348. The van der Waals surface area contributed by atoms with E-state index < -0.39 is 0 Å². The molecule has 5 nitrogen and oxygen atoms in total. The van der Waals surface area contributed by atoms with E-state index in [0.717, 1.165) is 0 Å². The molecule has 0 atom stereocenters. The first-order valence-electron chi connectivity index (χ1n) is 5.80. The van der Waals surface area contributed by atoms with E-state index in [1.165, 1.54) is 0 Å². The lowest BCUT2D eigenvalue weighted by atomic mass is 10.2. The monoisotopic (exact) mass is 255 g/mol. The summed E-state index contributed by atoms with van der Waals surface area (Å²) < 4.78 is 11.0. The molecule has 0 fully saturated rings. The van der Waals surface area contributed by atoms with E-state index in [0.29, 0.717) is 35.2 Å². The number of nitrogens with zero attached hydrogens (tertiary/aromatic N) is 2. The number of pyridine rings is 1. The van der Waals surface area contributed by atoms with Gasteiger partial charge in [-0.1, -0.05) is 0 Å². The maximum atomic E-state index is 8.78. The van der Waals surface area contributed by atoms with Crippen LogP contribution in [0.2, 0.25) is 0 Å². The number of aromatic nitrogens is 1. The molecule has 2 rings (SSSR count). The fourth-order valence-corrected chi connectivity index (χ4v) is 1.53. The number of nitrogen functional groups attached to an aromatic ring is 1. The molecule has 0 amide bonds. The van der Waals surface area contributed by atoms with Crippen molar-refractivity contribution in [3.05, 3.63) is 42.1 Å². The van der Waals surface area contributed by atoms with Gasteiger partial charge < -0.3 is 15.2 Å². The van der Waals surface area contributed by atoms with Crippen LogP contribution in [0.15, 0.2) is 36.5 Å². The van der Waals surface area contributed by atoms with Gasteiger partial charge >= 0.3 is 0 Å². The normalized spacial score (nSPS) is 9.68. The number of anilines is 1. The predicted octanol–water partition coefficient (Wildman–Crippen LogP) is 2.73. The number of hydrogen-bond donors (Lipinski definition) is 1. The number of rotatable bonds is 4. The standard InChI is InChI=1S/C14H13N3O2/c1-2-18-13-4-3-7-17-14(13)19-12-6-5-10(9-15)8-11(12)16/h3-8H,2,16H2,1H3. The zero-order valence-electron chi connectivity index (χ0n) is 10.5. The summed E-state index contributed by atoms with van der Waals surface area (Å²) in [5, 5.41) is 8.78. The summed E-state index contributed by atoms with van der Waals surface area (Å²) in [4.78, 5) is 4.11. The second-order valence-electron chi connectivity index (χ2n) is 3.71. The summed E-state index contributed by atoms with van der Waals surface area (Å²) in [5.41, 5.74) is 6.69. The highest BCUT2D eigenvalue weighted by molar-refractivity contribution is 5.58. The largest absolute Gasteiger partial charge is 0.488 e. The average molecular weight is 255 g/mol. The number of ether oxygens (including phenoxy) is 2. The zero-order chi connectivity index (χ0) is 13.7. The SMILES string of the molecule is CCOc1cccnc1Oc1ccc(C#N)cc1N. The van der Waals surface area contributed by atoms with Gasteiger partial charge in [-0.05, 0) is 37.3 Å². The molecule has 0 aliphatic carbocycles. The first kappa shape index (κ1) is 12.7. The Hall–Kier alpha value is -2.74. The Morgan fingerprint density at radius 2 is 2.16 bits per heavy atom. The van der Waals surface area contributed by atoms with E-state index in [2.05, 4.69) is 4.98 Å². The van der Waals surface area contributed by atoms with E-state index in [4.69, 9.17) is 20.5 Å². The topological polar surface area (TPSA) is 81.2 Å². The van der Waals surface area contributed by atoms with Crippen molar-refractivity contribution in [3.8, 4) is 23.4 Å². The van der Waals surface area contributed by atoms with Gasteiger partial charge in [0.15, 0.2) is 11.5 Å². The van der Waals surface area contributed by atoms with Gasteiger partial charge in [0.1, 0.15) is 0 Å². The first-order chi connectivity index (χ1) is 9.24. The van der Waals surface area contributed by atoms with Gasteiger partial charge in [0, 0.05) is 6.20 Å². The smallest absolute Gasteiger partial charge is 0.262 e. The molecule has 1 aromatic heterocycles. The van der Waals surface area contributed by atoms with Crippen LogP contribution in [0.1, 0.15) is 12.5 Å². The van der Waals surface area contributed by atoms with Crippen molar-refractivity contribution in [1.82, 2.24) is 4.98 Å². The molecule has 0 radical (unpaired) electrons. The van der Waals surface area contributed by atoms with Gasteiger partial charge in [-0.3, -0.25) is 0 Å². The minimum Gasteiger partial charge on any atom is -0.488 e. The Morgan fingerprint density at radius 3 is 2.84 bits per heavy atom. The van der Waals surface area contributed by atoms with Gasteiger partial charge in [0.2, 0.25) is 0 Å². The van der Waals surface area contributed by atoms with Crippen LogP contribution in [0.3, 0.4) is 0 Å². The summed E-state index contributed by atoms with van der Waals surface area (Å²) in [6.45, 7) is 2.40. The molecule has 5 heteroatoms. The summed E-state index contributed by atoms with van der Waals surface area (Å²) in [5.74, 6) is 1.34. The summed E-state index contributed by atoms with van der Waals surface area (Å²) in [6.07, 6.45) is 1.61. The number of hydrogen-bond acceptors (Lipinski definition) is 5. The Morgan fingerprint density at radius 1 is 1.32 bits per heavy atom. The molecule has 1 heterocycles. The molecular weight excluding hydrogens is 242 g/mol. The van der Waals surface area contributed by atoms with Crippen LogP contribution in [0, 0.1) is 11.3 Å². The van der Waals surface area contributed by atoms with Gasteiger partial charge in [-0.2, -0.15) is 5.26 Å². The van der Waals surface area contributed by atoms with Gasteiger partial charge in [-0.25, -0.2) is 4.98 Å². The van der Waals surface area contributed by atoms with Crippen molar-refractivity contribution in [2.45, 2.75) is 6.92 Å². The maximum absolute atomic E-state index is 8.78. The van der Waals surface area contributed by atoms with Gasteiger partial charge in [0.25, 0.3) is 5.88 Å². The third-order valence-electron chi connectivity index (χ3n) is 2.38. The van der Waals surface area contributed by atoms with Crippen molar-refractivity contribution in [3.63, 3.8) is 0 Å². The molecule has 0 aliphatic heterocycles. The summed E-state index contributed by atoms with van der Waals surface area (Å²) in [6, 6.07) is 10.4. The molecule has 19 heavy (non-hydrogen) atoms. The van der Waals surface area contributed by atoms with Crippen LogP contribution >= 0.6 is 0 Å². The Bertz CT molecular complexity index is 620.